The van der Waals surface area contributed by atoms with Gasteiger partial charge in [0.25, 0.3) is 0 Å². The maximum Gasteiger partial charge on any atom is 0.242 e. The van der Waals surface area contributed by atoms with E-state index in [1.54, 1.807) is 11.1 Å². The van der Waals surface area contributed by atoms with Crippen LogP contribution in [-0.2, 0) is 11.3 Å². The Bertz CT molecular complexity index is 391. The minimum Gasteiger partial charge on any atom is -0.342 e. The van der Waals surface area contributed by atoms with Gasteiger partial charge in [-0.05, 0) is 18.9 Å². The summed E-state index contributed by atoms with van der Waals surface area (Å²) in [6, 6.07) is 1.88. The van der Waals surface area contributed by atoms with Gasteiger partial charge < -0.3 is 10.6 Å². The van der Waals surface area contributed by atoms with E-state index in [0.29, 0.717) is 13.1 Å². The fourth-order valence-corrected chi connectivity index (χ4v) is 2.56. The molecule has 1 saturated carbocycles. The lowest BCUT2D eigenvalue weighted by Gasteiger charge is -2.35. The monoisotopic (exact) mass is 322 g/mol. The quantitative estimate of drug-likeness (QED) is 0.920. The summed E-state index contributed by atoms with van der Waals surface area (Å²) in [4.78, 5) is 14.1. The standard InChI is InChI=1S/C13H22N4O.2ClH/c1-16(10-11-17-9-5-8-15-17)12(18)13(14)6-3-2-4-7-13;;/h5,8-9H,2-4,6-7,10-11,14H2,1H3;2*1H. The fourth-order valence-electron chi connectivity index (χ4n) is 2.56. The van der Waals surface area contributed by atoms with Crippen LogP contribution in [0.5, 0.6) is 0 Å². The molecule has 1 fully saturated rings. The van der Waals surface area contributed by atoms with E-state index >= 15 is 0 Å². The van der Waals surface area contributed by atoms with Gasteiger partial charge in [-0.1, -0.05) is 19.3 Å². The number of aromatic nitrogens is 2. The molecular weight excluding hydrogens is 299 g/mol. The largest absolute Gasteiger partial charge is 0.342 e. The minimum atomic E-state index is -0.628. The summed E-state index contributed by atoms with van der Waals surface area (Å²) >= 11 is 0. The minimum absolute atomic E-state index is 0. The Labute approximate surface area is 132 Å². The van der Waals surface area contributed by atoms with Crippen molar-refractivity contribution in [3.05, 3.63) is 18.5 Å². The number of nitrogens with zero attached hydrogens (tertiary/aromatic N) is 3. The molecule has 1 aromatic heterocycles. The van der Waals surface area contributed by atoms with Gasteiger partial charge in [-0.3, -0.25) is 9.48 Å². The van der Waals surface area contributed by atoms with E-state index in [4.69, 9.17) is 5.73 Å². The van der Waals surface area contributed by atoms with Gasteiger partial charge in [0.05, 0.1) is 12.1 Å². The number of likely N-dealkylation sites (N-methyl/N-ethyl adjacent to an activating group) is 1. The van der Waals surface area contributed by atoms with E-state index < -0.39 is 5.54 Å². The molecule has 0 unspecified atom stereocenters. The molecule has 0 spiro atoms. The predicted molar refractivity (Wildman–Crippen MR) is 84.4 cm³/mol. The van der Waals surface area contributed by atoms with E-state index in [-0.39, 0.29) is 30.7 Å². The van der Waals surface area contributed by atoms with Gasteiger partial charge in [0.15, 0.2) is 0 Å². The number of hydrogen-bond donors (Lipinski definition) is 1. The Kier molecular flexibility index (Phi) is 8.16. The van der Waals surface area contributed by atoms with Crippen molar-refractivity contribution >= 4 is 30.7 Å². The van der Waals surface area contributed by atoms with Crippen LogP contribution in [0.25, 0.3) is 0 Å². The van der Waals surface area contributed by atoms with Crippen LogP contribution in [0.2, 0.25) is 0 Å². The average Bonchev–Trinajstić information content (AvgIpc) is 2.89. The van der Waals surface area contributed by atoms with E-state index in [2.05, 4.69) is 5.10 Å². The predicted octanol–water partition coefficient (Wildman–Crippen LogP) is 1.85. The third kappa shape index (κ3) is 4.65. The van der Waals surface area contributed by atoms with Gasteiger partial charge in [-0.25, -0.2) is 0 Å². The van der Waals surface area contributed by atoms with Gasteiger partial charge in [-0.15, -0.1) is 24.8 Å². The fraction of sp³-hybridized carbons (Fsp3) is 0.692. The van der Waals surface area contributed by atoms with Crippen molar-refractivity contribution in [2.24, 2.45) is 5.73 Å². The highest BCUT2D eigenvalue weighted by molar-refractivity contribution is 5.86. The molecule has 20 heavy (non-hydrogen) atoms. The molecule has 2 rings (SSSR count). The van der Waals surface area contributed by atoms with Crippen LogP contribution in [0.4, 0.5) is 0 Å². The molecule has 0 aromatic carbocycles. The second-order valence-corrected chi connectivity index (χ2v) is 5.21. The normalized spacial score (nSPS) is 16.7. The summed E-state index contributed by atoms with van der Waals surface area (Å²) in [6.45, 7) is 1.37. The highest BCUT2D eigenvalue weighted by Gasteiger charge is 2.37. The Balaban J connectivity index is 0.00000180. The number of amides is 1. The van der Waals surface area contributed by atoms with Crippen LogP contribution in [0, 0.1) is 0 Å². The summed E-state index contributed by atoms with van der Waals surface area (Å²) in [5, 5.41) is 4.12. The zero-order valence-corrected chi connectivity index (χ0v) is 13.5. The third-order valence-corrected chi connectivity index (χ3v) is 3.74. The molecule has 2 N–H and O–H groups in total. The van der Waals surface area contributed by atoms with Crippen LogP contribution in [0.15, 0.2) is 18.5 Å². The molecule has 0 saturated heterocycles. The first-order valence-corrected chi connectivity index (χ1v) is 6.64. The van der Waals surface area contributed by atoms with Crippen LogP contribution >= 0.6 is 24.8 Å². The Hall–Kier alpha value is -0.780. The molecule has 1 aliphatic carbocycles. The smallest absolute Gasteiger partial charge is 0.242 e. The first-order valence-electron chi connectivity index (χ1n) is 6.64. The van der Waals surface area contributed by atoms with Gasteiger partial charge in [0.2, 0.25) is 5.91 Å². The Morgan fingerprint density at radius 2 is 2.00 bits per heavy atom. The second kappa shape index (κ2) is 8.49. The number of halogens is 2. The zero-order chi connectivity index (χ0) is 13.0. The van der Waals surface area contributed by atoms with Gasteiger partial charge >= 0.3 is 0 Å². The summed E-state index contributed by atoms with van der Waals surface area (Å²) in [5.41, 5.74) is 5.61. The zero-order valence-electron chi connectivity index (χ0n) is 11.8. The van der Waals surface area contributed by atoms with Crippen molar-refractivity contribution in [2.75, 3.05) is 13.6 Å². The third-order valence-electron chi connectivity index (χ3n) is 3.74. The molecule has 1 aliphatic rings. The molecule has 5 nitrogen and oxygen atoms in total. The number of carbonyl (C=O) groups excluding carboxylic acids is 1. The molecule has 7 heteroatoms. The second-order valence-electron chi connectivity index (χ2n) is 5.21. The van der Waals surface area contributed by atoms with E-state index in [1.165, 1.54) is 6.42 Å². The molecule has 0 atom stereocenters. The van der Waals surface area contributed by atoms with Crippen molar-refractivity contribution in [1.29, 1.82) is 0 Å². The Morgan fingerprint density at radius 1 is 1.35 bits per heavy atom. The first kappa shape index (κ1) is 19.2. The lowest BCUT2D eigenvalue weighted by atomic mass is 9.81. The molecular formula is C13H24Cl2N4O. The maximum atomic E-state index is 12.4. The summed E-state index contributed by atoms with van der Waals surface area (Å²) < 4.78 is 1.83. The topological polar surface area (TPSA) is 64.2 Å². The number of nitrogens with two attached hydrogens (primary N) is 1. The van der Waals surface area contributed by atoms with E-state index in [1.807, 2.05) is 24.0 Å². The lowest BCUT2D eigenvalue weighted by Crippen LogP contribution is -2.55. The van der Waals surface area contributed by atoms with Gasteiger partial charge in [0.1, 0.15) is 0 Å². The molecule has 0 radical (unpaired) electrons. The molecule has 0 aliphatic heterocycles. The summed E-state index contributed by atoms with van der Waals surface area (Å²) in [6.07, 6.45) is 8.61. The number of carbonyl (C=O) groups is 1. The molecule has 1 aromatic rings. The molecule has 116 valence electrons. The first-order chi connectivity index (χ1) is 8.62. The van der Waals surface area contributed by atoms with E-state index in [9.17, 15) is 4.79 Å². The highest BCUT2D eigenvalue weighted by atomic mass is 35.5. The van der Waals surface area contributed by atoms with Crippen LogP contribution < -0.4 is 5.73 Å². The molecule has 1 amide bonds. The number of hydrogen-bond acceptors (Lipinski definition) is 3. The maximum absolute atomic E-state index is 12.4. The average molecular weight is 323 g/mol. The summed E-state index contributed by atoms with van der Waals surface area (Å²) in [7, 11) is 1.83. The lowest BCUT2D eigenvalue weighted by molar-refractivity contribution is -0.137. The van der Waals surface area contributed by atoms with Gasteiger partial charge in [-0.2, -0.15) is 5.10 Å². The van der Waals surface area contributed by atoms with E-state index in [0.717, 1.165) is 25.7 Å². The highest BCUT2D eigenvalue weighted by Crippen LogP contribution is 2.27. The van der Waals surface area contributed by atoms with Crippen molar-refractivity contribution in [3.8, 4) is 0 Å². The van der Waals surface area contributed by atoms with Crippen LogP contribution in [-0.4, -0.2) is 39.7 Å². The van der Waals surface area contributed by atoms with Crippen molar-refractivity contribution in [1.82, 2.24) is 14.7 Å². The Morgan fingerprint density at radius 3 is 2.55 bits per heavy atom. The molecule has 0 bridgehead atoms. The van der Waals surface area contributed by atoms with Crippen molar-refractivity contribution < 1.29 is 4.79 Å². The van der Waals surface area contributed by atoms with Crippen LogP contribution in [0.1, 0.15) is 32.1 Å². The number of rotatable bonds is 4. The van der Waals surface area contributed by atoms with Gasteiger partial charge in [0, 0.05) is 26.0 Å². The van der Waals surface area contributed by atoms with Crippen molar-refractivity contribution in [3.63, 3.8) is 0 Å². The SMILES string of the molecule is CN(CCn1cccn1)C(=O)C1(N)CCCCC1.Cl.Cl. The molecule has 1 heterocycles. The van der Waals surface area contributed by atoms with Crippen molar-refractivity contribution in [2.45, 2.75) is 44.2 Å². The summed E-state index contributed by atoms with van der Waals surface area (Å²) in [5.74, 6) is 0.0781. The van der Waals surface area contributed by atoms with Crippen LogP contribution in [0.3, 0.4) is 0 Å².